The number of benzene rings is 2. The van der Waals surface area contributed by atoms with E-state index in [9.17, 15) is 14.0 Å². The summed E-state index contributed by atoms with van der Waals surface area (Å²) in [4.78, 5) is 27.2. The van der Waals surface area contributed by atoms with Gasteiger partial charge in [-0.2, -0.15) is 4.98 Å². The number of rotatable bonds is 7. The highest BCUT2D eigenvalue weighted by Crippen LogP contribution is 2.38. The second kappa shape index (κ2) is 8.95. The molecular weight excluding hydrogens is 401 g/mol. The summed E-state index contributed by atoms with van der Waals surface area (Å²) in [6.45, 7) is 0. The Hall–Kier alpha value is -3.75. The van der Waals surface area contributed by atoms with E-state index >= 15 is 0 Å². The van der Waals surface area contributed by atoms with Crippen molar-refractivity contribution in [1.29, 1.82) is 0 Å². The smallest absolute Gasteiger partial charge is 0.303 e. The molecule has 0 fully saturated rings. The molecule has 1 amide bonds. The molecule has 4 rings (SSSR count). The normalized spacial score (nSPS) is 17.5. The van der Waals surface area contributed by atoms with Crippen LogP contribution < -0.4 is 10.6 Å². The van der Waals surface area contributed by atoms with Gasteiger partial charge in [0.05, 0.1) is 12.1 Å². The highest BCUT2D eigenvalue weighted by atomic mass is 19.1. The van der Waals surface area contributed by atoms with Crippen molar-refractivity contribution < 1.29 is 19.1 Å². The van der Waals surface area contributed by atoms with Crippen LogP contribution in [0.3, 0.4) is 0 Å². The van der Waals surface area contributed by atoms with Crippen LogP contribution in [0.25, 0.3) is 0 Å². The van der Waals surface area contributed by atoms with Crippen molar-refractivity contribution in [3.8, 4) is 0 Å². The number of fused-ring (bicyclic) bond motifs is 1. The molecule has 0 unspecified atom stereocenters. The maximum atomic E-state index is 13.5. The van der Waals surface area contributed by atoms with Crippen molar-refractivity contribution in [1.82, 2.24) is 14.8 Å². The fourth-order valence-electron chi connectivity index (χ4n) is 3.68. The van der Waals surface area contributed by atoms with Gasteiger partial charge in [-0.3, -0.25) is 14.9 Å². The van der Waals surface area contributed by atoms with Crippen LogP contribution in [-0.2, 0) is 9.59 Å². The predicted molar refractivity (Wildman–Crippen MR) is 112 cm³/mol. The molecule has 0 saturated heterocycles. The Kier molecular flexibility index (Phi) is 5.92. The van der Waals surface area contributed by atoms with Crippen molar-refractivity contribution in [3.05, 3.63) is 71.5 Å². The number of carboxylic acid groups (broad SMARTS) is 1. The first-order valence-electron chi connectivity index (χ1n) is 10.0. The number of aromatic nitrogens is 3. The van der Waals surface area contributed by atoms with E-state index in [1.165, 1.54) is 12.1 Å². The number of carbonyl (C=O) groups excluding carboxylic acids is 1. The van der Waals surface area contributed by atoms with E-state index in [-0.39, 0.29) is 49.0 Å². The molecule has 2 heterocycles. The van der Waals surface area contributed by atoms with Crippen LogP contribution in [0, 0.1) is 5.82 Å². The molecule has 0 spiro atoms. The third-order valence-corrected chi connectivity index (χ3v) is 5.19. The van der Waals surface area contributed by atoms with Crippen molar-refractivity contribution in [2.24, 2.45) is 0 Å². The minimum atomic E-state index is -0.943. The Morgan fingerprint density at radius 1 is 1.10 bits per heavy atom. The maximum Gasteiger partial charge on any atom is 0.303 e. The second-order valence-electron chi connectivity index (χ2n) is 7.41. The van der Waals surface area contributed by atoms with Gasteiger partial charge in [0.25, 0.3) is 5.95 Å². The van der Waals surface area contributed by atoms with E-state index < -0.39 is 5.97 Å². The van der Waals surface area contributed by atoms with E-state index in [1.54, 1.807) is 16.8 Å². The minimum Gasteiger partial charge on any atom is -0.481 e. The summed E-state index contributed by atoms with van der Waals surface area (Å²) in [6.07, 6.45) is 0.893. The first-order valence-corrected chi connectivity index (χ1v) is 10.0. The molecule has 1 aliphatic rings. The quantitative estimate of drug-likeness (QED) is 0.534. The molecule has 0 aliphatic carbocycles. The number of carbonyl (C=O) groups is 2. The van der Waals surface area contributed by atoms with Gasteiger partial charge in [-0.05, 0) is 36.1 Å². The number of hydrogen-bond donors (Lipinski definition) is 3. The number of carboxylic acids is 1. The van der Waals surface area contributed by atoms with Crippen LogP contribution in [-0.4, -0.2) is 31.7 Å². The zero-order chi connectivity index (χ0) is 21.8. The summed E-state index contributed by atoms with van der Waals surface area (Å²) in [5, 5.41) is 19.1. The highest BCUT2D eigenvalue weighted by Gasteiger charge is 2.31. The van der Waals surface area contributed by atoms with Gasteiger partial charge in [0, 0.05) is 12.8 Å². The molecule has 1 aromatic heterocycles. The van der Waals surface area contributed by atoms with Gasteiger partial charge in [0.2, 0.25) is 11.9 Å². The van der Waals surface area contributed by atoms with Gasteiger partial charge < -0.3 is 10.4 Å². The SMILES string of the molecule is O=C(O)CCCC(=O)Nc1nc2n(n1)[C@H](c1ccc(F)cc1)C[C@H](c1ccccc1)N2. The van der Waals surface area contributed by atoms with Gasteiger partial charge in [0.1, 0.15) is 5.82 Å². The topological polar surface area (TPSA) is 109 Å². The average Bonchev–Trinajstić information content (AvgIpc) is 3.16. The van der Waals surface area contributed by atoms with E-state index in [0.29, 0.717) is 12.4 Å². The number of anilines is 2. The number of halogens is 1. The second-order valence-corrected chi connectivity index (χ2v) is 7.41. The maximum absolute atomic E-state index is 13.5. The molecule has 1 aliphatic heterocycles. The largest absolute Gasteiger partial charge is 0.481 e. The molecule has 9 heteroatoms. The van der Waals surface area contributed by atoms with Crippen molar-refractivity contribution in [2.75, 3.05) is 10.6 Å². The van der Waals surface area contributed by atoms with Gasteiger partial charge in [0.15, 0.2) is 0 Å². The molecular formula is C22H22FN5O3. The Morgan fingerprint density at radius 2 is 1.84 bits per heavy atom. The molecule has 0 bridgehead atoms. The predicted octanol–water partition coefficient (Wildman–Crippen LogP) is 3.76. The summed E-state index contributed by atoms with van der Waals surface area (Å²) in [5.41, 5.74) is 1.97. The summed E-state index contributed by atoms with van der Waals surface area (Å²) in [6, 6.07) is 16.0. The van der Waals surface area contributed by atoms with E-state index in [1.807, 2.05) is 30.3 Å². The lowest BCUT2D eigenvalue weighted by atomic mass is 9.93. The average molecular weight is 423 g/mol. The Labute approximate surface area is 178 Å². The van der Waals surface area contributed by atoms with Crippen LogP contribution in [0.5, 0.6) is 0 Å². The standard InChI is InChI=1S/C22H22FN5O3/c23-16-11-9-15(10-12-16)18-13-17(14-5-2-1-3-6-14)24-22-26-21(27-28(18)22)25-19(29)7-4-8-20(30)31/h1-3,5-6,9-12,17-18H,4,7-8,13H2,(H,30,31)(H2,24,25,26,27,29)/t17-,18+/m1/s1. The molecule has 3 N–H and O–H groups in total. The first kappa shape index (κ1) is 20.5. The zero-order valence-corrected chi connectivity index (χ0v) is 16.7. The van der Waals surface area contributed by atoms with Crippen LogP contribution in [0.4, 0.5) is 16.3 Å². The Balaban J connectivity index is 1.59. The number of amides is 1. The third-order valence-electron chi connectivity index (χ3n) is 5.19. The molecule has 3 aromatic rings. The highest BCUT2D eigenvalue weighted by molar-refractivity contribution is 5.89. The molecule has 31 heavy (non-hydrogen) atoms. The summed E-state index contributed by atoms with van der Waals surface area (Å²) in [7, 11) is 0. The zero-order valence-electron chi connectivity index (χ0n) is 16.7. The fourth-order valence-corrected chi connectivity index (χ4v) is 3.68. The van der Waals surface area contributed by atoms with Crippen molar-refractivity contribution in [3.63, 3.8) is 0 Å². The van der Waals surface area contributed by atoms with Crippen molar-refractivity contribution >= 4 is 23.8 Å². The molecule has 2 atom stereocenters. The van der Waals surface area contributed by atoms with Gasteiger partial charge in [-0.25, -0.2) is 9.07 Å². The third kappa shape index (κ3) is 4.88. The number of nitrogens with one attached hydrogen (secondary N) is 2. The minimum absolute atomic E-state index is 0.0351. The van der Waals surface area contributed by atoms with Crippen LogP contribution in [0.1, 0.15) is 48.9 Å². The van der Waals surface area contributed by atoms with E-state index in [2.05, 4.69) is 20.7 Å². The monoisotopic (exact) mass is 423 g/mol. The summed E-state index contributed by atoms with van der Waals surface area (Å²) in [5.74, 6) is -0.965. The van der Waals surface area contributed by atoms with E-state index in [0.717, 1.165) is 11.1 Å². The Morgan fingerprint density at radius 3 is 2.55 bits per heavy atom. The molecule has 2 aromatic carbocycles. The number of hydrogen-bond acceptors (Lipinski definition) is 5. The summed E-state index contributed by atoms with van der Waals surface area (Å²) >= 11 is 0. The lowest BCUT2D eigenvalue weighted by Crippen LogP contribution is -2.28. The van der Waals surface area contributed by atoms with Crippen LogP contribution in [0.2, 0.25) is 0 Å². The van der Waals surface area contributed by atoms with Gasteiger partial charge in [-0.15, -0.1) is 5.10 Å². The lowest BCUT2D eigenvalue weighted by molar-refractivity contribution is -0.137. The van der Waals surface area contributed by atoms with Crippen LogP contribution in [0.15, 0.2) is 54.6 Å². The molecule has 160 valence electrons. The van der Waals surface area contributed by atoms with Gasteiger partial charge in [-0.1, -0.05) is 42.5 Å². The lowest BCUT2D eigenvalue weighted by Gasteiger charge is -2.31. The summed E-state index contributed by atoms with van der Waals surface area (Å²) < 4.78 is 15.2. The molecule has 0 radical (unpaired) electrons. The van der Waals surface area contributed by atoms with Crippen LogP contribution >= 0.6 is 0 Å². The molecule has 8 nitrogen and oxygen atoms in total. The Bertz CT molecular complexity index is 1070. The number of nitrogens with zero attached hydrogens (tertiary/aromatic N) is 3. The fraction of sp³-hybridized carbons (Fsp3) is 0.273. The van der Waals surface area contributed by atoms with Gasteiger partial charge >= 0.3 is 5.97 Å². The number of aliphatic carboxylic acids is 1. The molecule has 0 saturated carbocycles. The van der Waals surface area contributed by atoms with E-state index in [4.69, 9.17) is 5.11 Å². The first-order chi connectivity index (χ1) is 15.0. The van der Waals surface area contributed by atoms with Crippen molar-refractivity contribution in [2.45, 2.75) is 37.8 Å².